The molecule has 25 heavy (non-hydrogen) atoms. The predicted octanol–water partition coefficient (Wildman–Crippen LogP) is 3.31. The summed E-state index contributed by atoms with van der Waals surface area (Å²) >= 11 is 0. The molecule has 0 saturated heterocycles. The number of carbonyl (C=O) groups excluding carboxylic acids is 2. The highest BCUT2D eigenvalue weighted by atomic mass is 16.5. The van der Waals surface area contributed by atoms with E-state index >= 15 is 0 Å². The average molecular weight is 339 g/mol. The van der Waals surface area contributed by atoms with Crippen LogP contribution in [0.1, 0.15) is 26.3 Å². The molecule has 0 saturated carbocycles. The fraction of sp³-hybridized carbons (Fsp3) is 0.200. The fourth-order valence-electron chi connectivity index (χ4n) is 2.13. The van der Waals surface area contributed by atoms with Crippen molar-refractivity contribution >= 4 is 11.8 Å². The molecule has 0 aromatic heterocycles. The van der Waals surface area contributed by atoms with Gasteiger partial charge in [-0.2, -0.15) is 0 Å². The minimum atomic E-state index is -0.547. The zero-order chi connectivity index (χ0) is 18.2. The van der Waals surface area contributed by atoms with Gasteiger partial charge in [0.15, 0.2) is 5.78 Å². The Bertz CT molecular complexity index is 767. The molecule has 2 aromatic carbocycles. The van der Waals surface area contributed by atoms with Gasteiger partial charge in [-0.15, -0.1) is 0 Å². The van der Waals surface area contributed by atoms with E-state index < -0.39 is 5.97 Å². The zero-order valence-electron chi connectivity index (χ0n) is 14.6. The number of hydrogen-bond acceptors (Lipinski definition) is 5. The van der Waals surface area contributed by atoms with E-state index in [1.54, 1.807) is 23.2 Å². The van der Waals surface area contributed by atoms with Crippen LogP contribution in [0.3, 0.4) is 0 Å². The molecule has 130 valence electrons. The summed E-state index contributed by atoms with van der Waals surface area (Å²) in [5.74, 6) is -0.369. The Labute approximate surface area is 147 Å². The van der Waals surface area contributed by atoms with Gasteiger partial charge >= 0.3 is 5.97 Å². The number of carbonyl (C=O) groups is 2. The van der Waals surface area contributed by atoms with Gasteiger partial charge in [0.2, 0.25) is 0 Å². The molecule has 0 aliphatic rings. The van der Waals surface area contributed by atoms with Crippen molar-refractivity contribution in [3.05, 3.63) is 77.5 Å². The van der Waals surface area contributed by atoms with Crippen LogP contribution >= 0.6 is 0 Å². The van der Waals surface area contributed by atoms with Gasteiger partial charge in [-0.1, -0.05) is 30.3 Å². The van der Waals surface area contributed by atoms with Crippen molar-refractivity contribution < 1.29 is 19.1 Å². The average Bonchev–Trinajstić information content (AvgIpc) is 2.64. The van der Waals surface area contributed by atoms with E-state index in [0.717, 1.165) is 5.56 Å². The SMILES string of the molecule is COC(=O)c1cc(C(=O)C=CN(C)C)ccc1OCc1ccccc1. The summed E-state index contributed by atoms with van der Waals surface area (Å²) in [7, 11) is 4.94. The number of benzene rings is 2. The lowest BCUT2D eigenvalue weighted by atomic mass is 10.1. The van der Waals surface area contributed by atoms with E-state index in [4.69, 9.17) is 9.47 Å². The smallest absolute Gasteiger partial charge is 0.341 e. The highest BCUT2D eigenvalue weighted by Gasteiger charge is 2.16. The number of allylic oxidation sites excluding steroid dienone is 1. The molecule has 2 aromatic rings. The first-order valence-corrected chi connectivity index (χ1v) is 7.79. The topological polar surface area (TPSA) is 55.8 Å². The summed E-state index contributed by atoms with van der Waals surface area (Å²) in [6.07, 6.45) is 3.10. The van der Waals surface area contributed by atoms with Crippen molar-refractivity contribution in [1.29, 1.82) is 0 Å². The van der Waals surface area contributed by atoms with Crippen LogP contribution in [0, 0.1) is 0 Å². The Hall–Kier alpha value is -3.08. The third-order valence-electron chi connectivity index (χ3n) is 3.43. The Morgan fingerprint density at radius 2 is 1.80 bits per heavy atom. The normalized spacial score (nSPS) is 10.5. The molecule has 0 spiro atoms. The summed E-state index contributed by atoms with van der Waals surface area (Å²) < 4.78 is 10.5. The second-order valence-corrected chi connectivity index (χ2v) is 5.62. The third-order valence-corrected chi connectivity index (χ3v) is 3.43. The maximum Gasteiger partial charge on any atom is 0.341 e. The Balaban J connectivity index is 2.24. The molecular formula is C20H21NO4. The van der Waals surface area contributed by atoms with Gasteiger partial charge in [0, 0.05) is 31.9 Å². The van der Waals surface area contributed by atoms with E-state index in [1.807, 2.05) is 44.4 Å². The van der Waals surface area contributed by atoms with Crippen LogP contribution in [0.15, 0.2) is 60.8 Å². The molecule has 0 N–H and O–H groups in total. The van der Waals surface area contributed by atoms with Gasteiger partial charge < -0.3 is 14.4 Å². The van der Waals surface area contributed by atoms with Crippen LogP contribution in [0.4, 0.5) is 0 Å². The number of rotatable bonds is 7. The van der Waals surface area contributed by atoms with Crippen molar-refractivity contribution in [3.63, 3.8) is 0 Å². The summed E-state index contributed by atoms with van der Waals surface area (Å²) in [4.78, 5) is 26.0. The van der Waals surface area contributed by atoms with Crippen LogP contribution < -0.4 is 4.74 Å². The monoisotopic (exact) mass is 339 g/mol. The highest BCUT2D eigenvalue weighted by molar-refractivity contribution is 6.06. The van der Waals surface area contributed by atoms with Gasteiger partial charge in [0.05, 0.1) is 7.11 Å². The molecule has 0 unspecified atom stereocenters. The first kappa shape index (κ1) is 18.3. The molecule has 0 heterocycles. The van der Waals surface area contributed by atoms with Gasteiger partial charge in [-0.25, -0.2) is 4.79 Å². The van der Waals surface area contributed by atoms with E-state index in [0.29, 0.717) is 17.9 Å². The predicted molar refractivity (Wildman–Crippen MR) is 95.7 cm³/mol. The zero-order valence-corrected chi connectivity index (χ0v) is 14.6. The molecule has 0 aliphatic carbocycles. The molecule has 0 atom stereocenters. The van der Waals surface area contributed by atoms with Crippen molar-refractivity contribution in [2.24, 2.45) is 0 Å². The summed E-state index contributed by atoms with van der Waals surface area (Å²) in [6.45, 7) is 0.318. The van der Waals surface area contributed by atoms with E-state index in [9.17, 15) is 9.59 Å². The lowest BCUT2D eigenvalue weighted by Crippen LogP contribution is -2.08. The number of ketones is 1. The fourth-order valence-corrected chi connectivity index (χ4v) is 2.13. The summed E-state index contributed by atoms with van der Waals surface area (Å²) in [6, 6.07) is 14.4. The molecule has 0 radical (unpaired) electrons. The lowest BCUT2D eigenvalue weighted by molar-refractivity contribution is 0.0595. The number of ether oxygens (including phenoxy) is 2. The standard InChI is InChI=1S/C20H21NO4/c1-21(2)12-11-18(22)16-9-10-19(17(13-16)20(23)24-3)25-14-15-7-5-4-6-8-15/h4-13H,14H2,1-3H3. The summed E-state index contributed by atoms with van der Waals surface area (Å²) in [5, 5.41) is 0. The maximum absolute atomic E-state index is 12.2. The van der Waals surface area contributed by atoms with E-state index in [-0.39, 0.29) is 11.3 Å². The number of esters is 1. The van der Waals surface area contributed by atoms with Crippen LogP contribution in [0.25, 0.3) is 0 Å². The van der Waals surface area contributed by atoms with Gasteiger partial charge in [-0.3, -0.25) is 4.79 Å². The molecule has 5 heteroatoms. The van der Waals surface area contributed by atoms with Crippen LogP contribution in [0.5, 0.6) is 5.75 Å². The first-order chi connectivity index (χ1) is 12.0. The molecule has 0 aliphatic heterocycles. The molecular weight excluding hydrogens is 318 g/mol. The number of nitrogens with zero attached hydrogens (tertiary/aromatic N) is 1. The second-order valence-electron chi connectivity index (χ2n) is 5.62. The Morgan fingerprint density at radius 3 is 2.44 bits per heavy atom. The van der Waals surface area contributed by atoms with Crippen molar-refractivity contribution in [2.75, 3.05) is 21.2 Å². The van der Waals surface area contributed by atoms with E-state index in [2.05, 4.69) is 0 Å². The molecule has 0 fully saturated rings. The Kier molecular flexibility index (Phi) is 6.34. The van der Waals surface area contributed by atoms with Gasteiger partial charge in [0.25, 0.3) is 0 Å². The van der Waals surface area contributed by atoms with Crippen molar-refractivity contribution in [2.45, 2.75) is 6.61 Å². The van der Waals surface area contributed by atoms with Crippen LogP contribution in [-0.4, -0.2) is 37.9 Å². The van der Waals surface area contributed by atoms with Crippen LogP contribution in [-0.2, 0) is 11.3 Å². The molecule has 0 bridgehead atoms. The molecule has 5 nitrogen and oxygen atoms in total. The molecule has 0 amide bonds. The summed E-state index contributed by atoms with van der Waals surface area (Å²) in [5.41, 5.74) is 1.60. The minimum absolute atomic E-state index is 0.200. The Morgan fingerprint density at radius 1 is 1.08 bits per heavy atom. The molecule has 2 rings (SSSR count). The van der Waals surface area contributed by atoms with E-state index in [1.165, 1.54) is 19.3 Å². The van der Waals surface area contributed by atoms with Gasteiger partial charge in [0.1, 0.15) is 17.9 Å². The minimum Gasteiger partial charge on any atom is -0.488 e. The van der Waals surface area contributed by atoms with Crippen molar-refractivity contribution in [1.82, 2.24) is 4.90 Å². The highest BCUT2D eigenvalue weighted by Crippen LogP contribution is 2.23. The third kappa shape index (κ3) is 5.21. The van der Waals surface area contributed by atoms with Gasteiger partial charge in [-0.05, 0) is 23.8 Å². The number of hydrogen-bond donors (Lipinski definition) is 0. The first-order valence-electron chi connectivity index (χ1n) is 7.79. The second kappa shape index (κ2) is 8.68. The largest absolute Gasteiger partial charge is 0.488 e. The van der Waals surface area contributed by atoms with Crippen LogP contribution in [0.2, 0.25) is 0 Å². The quantitative estimate of drug-likeness (QED) is 0.440. The maximum atomic E-state index is 12.2. The van der Waals surface area contributed by atoms with Crippen molar-refractivity contribution in [3.8, 4) is 5.75 Å². The number of methoxy groups -OCH3 is 1. The lowest BCUT2D eigenvalue weighted by Gasteiger charge is -2.11.